The molecule has 0 bridgehead atoms. The van der Waals surface area contributed by atoms with Crippen molar-refractivity contribution < 1.29 is 9.47 Å². The Labute approximate surface area is 157 Å². The van der Waals surface area contributed by atoms with Gasteiger partial charge in [0.1, 0.15) is 5.75 Å². The number of morpholine rings is 1. The van der Waals surface area contributed by atoms with Gasteiger partial charge in [0.2, 0.25) is 0 Å². The predicted molar refractivity (Wildman–Crippen MR) is 106 cm³/mol. The van der Waals surface area contributed by atoms with Gasteiger partial charge < -0.3 is 14.8 Å². The van der Waals surface area contributed by atoms with Crippen LogP contribution in [0, 0.1) is 13.8 Å². The fraction of sp³-hybridized carbons (Fsp3) is 0.455. The number of ether oxygens (including phenoxy) is 2. The van der Waals surface area contributed by atoms with Crippen LogP contribution in [0.15, 0.2) is 42.5 Å². The number of hydrogen-bond donors (Lipinski definition) is 1. The van der Waals surface area contributed by atoms with Crippen LogP contribution in [-0.2, 0) is 11.3 Å². The van der Waals surface area contributed by atoms with Gasteiger partial charge >= 0.3 is 0 Å². The summed E-state index contributed by atoms with van der Waals surface area (Å²) in [5, 5.41) is 3.67. The molecule has 1 aliphatic rings. The average molecular weight is 354 g/mol. The lowest BCUT2D eigenvalue weighted by molar-refractivity contribution is 0.0161. The number of methoxy groups -OCH3 is 1. The van der Waals surface area contributed by atoms with Crippen molar-refractivity contribution in [3.8, 4) is 5.75 Å². The number of aryl methyl sites for hydroxylation is 2. The smallest absolute Gasteiger partial charge is 0.118 e. The van der Waals surface area contributed by atoms with E-state index in [0.717, 1.165) is 45.1 Å². The SMILES string of the molecule is COc1ccc(C(CNCc2ccc(C)cc2C)N2CCOCC2)cc1. The molecule has 1 unspecified atom stereocenters. The highest BCUT2D eigenvalue weighted by Gasteiger charge is 2.22. The highest BCUT2D eigenvalue weighted by Crippen LogP contribution is 2.24. The molecule has 1 heterocycles. The fourth-order valence-corrected chi connectivity index (χ4v) is 3.56. The van der Waals surface area contributed by atoms with Crippen LogP contribution in [0.1, 0.15) is 28.3 Å². The molecule has 4 nitrogen and oxygen atoms in total. The summed E-state index contributed by atoms with van der Waals surface area (Å²) < 4.78 is 10.8. The maximum atomic E-state index is 5.54. The zero-order chi connectivity index (χ0) is 18.4. The third-order valence-corrected chi connectivity index (χ3v) is 5.14. The molecule has 3 rings (SSSR count). The molecule has 0 radical (unpaired) electrons. The summed E-state index contributed by atoms with van der Waals surface area (Å²) >= 11 is 0. The topological polar surface area (TPSA) is 33.7 Å². The molecule has 1 N–H and O–H groups in total. The molecule has 2 aromatic rings. The Morgan fingerprint density at radius 1 is 1.08 bits per heavy atom. The highest BCUT2D eigenvalue weighted by molar-refractivity contribution is 5.31. The van der Waals surface area contributed by atoms with E-state index < -0.39 is 0 Å². The minimum atomic E-state index is 0.343. The van der Waals surface area contributed by atoms with Gasteiger partial charge in [-0.2, -0.15) is 0 Å². The van der Waals surface area contributed by atoms with Crippen LogP contribution in [-0.4, -0.2) is 44.9 Å². The van der Waals surface area contributed by atoms with Crippen LogP contribution in [0.2, 0.25) is 0 Å². The molecule has 4 heteroatoms. The van der Waals surface area contributed by atoms with E-state index in [4.69, 9.17) is 9.47 Å². The first-order valence-corrected chi connectivity index (χ1v) is 9.40. The number of nitrogens with one attached hydrogen (secondary N) is 1. The molecule has 0 amide bonds. The predicted octanol–water partition coefficient (Wildman–Crippen LogP) is 3.48. The van der Waals surface area contributed by atoms with Crippen molar-refractivity contribution in [2.45, 2.75) is 26.4 Å². The van der Waals surface area contributed by atoms with E-state index in [9.17, 15) is 0 Å². The Morgan fingerprint density at radius 3 is 2.46 bits per heavy atom. The van der Waals surface area contributed by atoms with E-state index in [1.807, 2.05) is 12.1 Å². The third kappa shape index (κ3) is 4.85. The summed E-state index contributed by atoms with van der Waals surface area (Å²) in [6, 6.07) is 15.5. The fourth-order valence-electron chi connectivity index (χ4n) is 3.56. The molecule has 140 valence electrons. The molecule has 26 heavy (non-hydrogen) atoms. The normalized spacial score (nSPS) is 16.4. The molecule has 1 aliphatic heterocycles. The van der Waals surface area contributed by atoms with Gasteiger partial charge in [-0.15, -0.1) is 0 Å². The Balaban J connectivity index is 1.68. The second-order valence-corrected chi connectivity index (χ2v) is 7.00. The zero-order valence-electron chi connectivity index (χ0n) is 16.1. The molecule has 2 aromatic carbocycles. The Morgan fingerprint density at radius 2 is 1.81 bits per heavy atom. The van der Waals surface area contributed by atoms with Crippen LogP contribution >= 0.6 is 0 Å². The van der Waals surface area contributed by atoms with Gasteiger partial charge in [-0.05, 0) is 42.7 Å². The van der Waals surface area contributed by atoms with Crippen LogP contribution in [0.3, 0.4) is 0 Å². The van der Waals surface area contributed by atoms with Crippen LogP contribution < -0.4 is 10.1 Å². The Hall–Kier alpha value is -1.88. The van der Waals surface area contributed by atoms with Gasteiger partial charge in [0.05, 0.1) is 20.3 Å². The lowest BCUT2D eigenvalue weighted by Crippen LogP contribution is -2.42. The van der Waals surface area contributed by atoms with E-state index in [1.54, 1.807) is 7.11 Å². The van der Waals surface area contributed by atoms with Crippen molar-refractivity contribution in [3.63, 3.8) is 0 Å². The number of hydrogen-bond acceptors (Lipinski definition) is 4. The number of rotatable bonds is 7. The summed E-state index contributed by atoms with van der Waals surface area (Å²) in [7, 11) is 1.71. The molecule has 0 aromatic heterocycles. The Kier molecular flexibility index (Phi) is 6.67. The maximum absolute atomic E-state index is 5.54. The van der Waals surface area contributed by atoms with Gasteiger partial charge in [-0.25, -0.2) is 0 Å². The van der Waals surface area contributed by atoms with Gasteiger partial charge in [0.25, 0.3) is 0 Å². The second-order valence-electron chi connectivity index (χ2n) is 7.00. The van der Waals surface area contributed by atoms with E-state index in [-0.39, 0.29) is 0 Å². The first-order chi connectivity index (χ1) is 12.7. The molecule has 1 fully saturated rings. The van der Waals surface area contributed by atoms with Crippen molar-refractivity contribution >= 4 is 0 Å². The molecule has 0 aliphatic carbocycles. The summed E-state index contributed by atoms with van der Waals surface area (Å²) in [5.41, 5.74) is 5.35. The summed E-state index contributed by atoms with van der Waals surface area (Å²) in [6.07, 6.45) is 0. The molecule has 1 saturated heterocycles. The van der Waals surface area contributed by atoms with Crippen LogP contribution in [0.4, 0.5) is 0 Å². The standard InChI is InChI=1S/C22H30N2O2/c1-17-4-5-20(18(2)14-17)15-23-16-22(24-10-12-26-13-11-24)19-6-8-21(25-3)9-7-19/h4-9,14,22-23H,10-13,15-16H2,1-3H3. The minimum Gasteiger partial charge on any atom is -0.497 e. The van der Waals surface area contributed by atoms with Crippen LogP contribution in [0.25, 0.3) is 0 Å². The van der Waals surface area contributed by atoms with Gasteiger partial charge in [-0.3, -0.25) is 4.90 Å². The van der Waals surface area contributed by atoms with Gasteiger partial charge in [0, 0.05) is 32.2 Å². The maximum Gasteiger partial charge on any atom is 0.118 e. The quantitative estimate of drug-likeness (QED) is 0.825. The van der Waals surface area contributed by atoms with E-state index >= 15 is 0 Å². The first kappa shape index (κ1) is 18.9. The zero-order valence-corrected chi connectivity index (χ0v) is 16.1. The lowest BCUT2D eigenvalue weighted by atomic mass is 10.0. The number of nitrogens with zero attached hydrogens (tertiary/aromatic N) is 1. The van der Waals surface area contributed by atoms with Crippen LogP contribution in [0.5, 0.6) is 5.75 Å². The van der Waals surface area contributed by atoms with Crippen molar-refractivity contribution in [1.29, 1.82) is 0 Å². The van der Waals surface area contributed by atoms with Gasteiger partial charge in [-0.1, -0.05) is 35.9 Å². The molecule has 0 saturated carbocycles. The Bertz CT molecular complexity index is 694. The van der Waals surface area contributed by atoms with Crippen molar-refractivity contribution in [2.24, 2.45) is 0 Å². The number of benzene rings is 2. The molecule has 0 spiro atoms. The first-order valence-electron chi connectivity index (χ1n) is 9.40. The minimum absolute atomic E-state index is 0.343. The molecular formula is C22H30N2O2. The molecule has 1 atom stereocenters. The summed E-state index contributed by atoms with van der Waals surface area (Å²) in [4.78, 5) is 2.51. The summed E-state index contributed by atoms with van der Waals surface area (Å²) in [5.74, 6) is 0.901. The highest BCUT2D eigenvalue weighted by atomic mass is 16.5. The molecular weight excluding hydrogens is 324 g/mol. The van der Waals surface area contributed by atoms with Crippen molar-refractivity contribution in [2.75, 3.05) is 40.0 Å². The second kappa shape index (κ2) is 9.17. The van der Waals surface area contributed by atoms with Crippen molar-refractivity contribution in [3.05, 3.63) is 64.7 Å². The van der Waals surface area contributed by atoms with Crippen molar-refractivity contribution in [1.82, 2.24) is 10.2 Å². The lowest BCUT2D eigenvalue weighted by Gasteiger charge is -2.35. The van der Waals surface area contributed by atoms with E-state index in [2.05, 4.69) is 54.4 Å². The third-order valence-electron chi connectivity index (χ3n) is 5.14. The van der Waals surface area contributed by atoms with Gasteiger partial charge in [0.15, 0.2) is 0 Å². The monoisotopic (exact) mass is 354 g/mol. The van der Waals surface area contributed by atoms with E-state index in [1.165, 1.54) is 22.3 Å². The average Bonchev–Trinajstić information content (AvgIpc) is 2.67. The van der Waals surface area contributed by atoms with E-state index in [0.29, 0.717) is 6.04 Å². The summed E-state index contributed by atoms with van der Waals surface area (Å²) in [6.45, 7) is 9.70. The largest absolute Gasteiger partial charge is 0.497 e.